The number of hydrogen-bond donors (Lipinski definition) is 1. The Kier molecular flexibility index (Phi) is 6.77. The molecule has 3 heterocycles. The number of halogens is 1. The van der Waals surface area contributed by atoms with Gasteiger partial charge in [0, 0.05) is 42.4 Å². The summed E-state index contributed by atoms with van der Waals surface area (Å²) in [5.74, 6) is 1.22. The van der Waals surface area contributed by atoms with Crippen LogP contribution in [0.4, 0.5) is 0 Å². The molecule has 2 N–H and O–H groups in total. The molecule has 1 aliphatic rings. The molecule has 132 valence electrons. The molecule has 0 aliphatic carbocycles. The second kappa shape index (κ2) is 8.60. The minimum absolute atomic E-state index is 0. The zero-order valence-electron chi connectivity index (χ0n) is 13.7. The quantitative estimate of drug-likeness (QED) is 0.874. The van der Waals surface area contributed by atoms with E-state index < -0.39 is 0 Å². The number of carbonyl (C=O) groups is 1. The molecule has 0 spiro atoms. The van der Waals surface area contributed by atoms with E-state index in [1.165, 1.54) is 0 Å². The van der Waals surface area contributed by atoms with Crippen LogP contribution in [0.5, 0.6) is 0 Å². The van der Waals surface area contributed by atoms with Crippen molar-refractivity contribution in [3.05, 3.63) is 22.7 Å². The molecular formula is C16H23ClN4O2S. The fourth-order valence-corrected chi connectivity index (χ4v) is 3.67. The van der Waals surface area contributed by atoms with Crippen LogP contribution in [-0.2, 0) is 11.2 Å². The summed E-state index contributed by atoms with van der Waals surface area (Å²) < 4.78 is 5.25. The Morgan fingerprint density at radius 1 is 1.54 bits per heavy atom. The minimum Gasteiger partial charge on any atom is -0.339 e. The van der Waals surface area contributed by atoms with E-state index in [4.69, 9.17) is 10.3 Å². The first-order valence-corrected chi connectivity index (χ1v) is 8.99. The van der Waals surface area contributed by atoms with E-state index in [1.54, 1.807) is 11.3 Å². The van der Waals surface area contributed by atoms with Crippen molar-refractivity contribution in [3.8, 4) is 11.4 Å². The van der Waals surface area contributed by atoms with Crippen molar-refractivity contribution < 1.29 is 9.32 Å². The van der Waals surface area contributed by atoms with Crippen molar-refractivity contribution in [1.82, 2.24) is 15.0 Å². The van der Waals surface area contributed by atoms with E-state index in [9.17, 15) is 4.79 Å². The molecule has 1 fully saturated rings. The van der Waals surface area contributed by atoms with Crippen molar-refractivity contribution in [1.29, 1.82) is 0 Å². The molecule has 1 aliphatic heterocycles. The Labute approximate surface area is 151 Å². The minimum atomic E-state index is 0. The van der Waals surface area contributed by atoms with Gasteiger partial charge in [-0.1, -0.05) is 5.16 Å². The van der Waals surface area contributed by atoms with Gasteiger partial charge >= 0.3 is 0 Å². The lowest BCUT2D eigenvalue weighted by Crippen LogP contribution is -2.51. The van der Waals surface area contributed by atoms with Gasteiger partial charge in [0.05, 0.1) is 0 Å². The molecule has 0 radical (unpaired) electrons. The lowest BCUT2D eigenvalue weighted by molar-refractivity contribution is -0.135. The fraction of sp³-hybridized carbons (Fsp3) is 0.562. The molecule has 1 saturated heterocycles. The van der Waals surface area contributed by atoms with Crippen LogP contribution in [0, 0.1) is 0 Å². The van der Waals surface area contributed by atoms with Gasteiger partial charge in [0.15, 0.2) is 0 Å². The highest BCUT2D eigenvalue weighted by atomic mass is 35.5. The fourth-order valence-electron chi connectivity index (χ4n) is 3.04. The van der Waals surface area contributed by atoms with Gasteiger partial charge in [-0.3, -0.25) is 4.79 Å². The summed E-state index contributed by atoms with van der Waals surface area (Å²) in [6.07, 6.45) is 4.04. The van der Waals surface area contributed by atoms with Gasteiger partial charge in [-0.2, -0.15) is 16.3 Å². The van der Waals surface area contributed by atoms with Gasteiger partial charge in [0.25, 0.3) is 0 Å². The van der Waals surface area contributed by atoms with Crippen LogP contribution in [-0.4, -0.2) is 39.6 Å². The molecule has 0 saturated carbocycles. The van der Waals surface area contributed by atoms with Crippen LogP contribution < -0.4 is 5.73 Å². The molecule has 24 heavy (non-hydrogen) atoms. The van der Waals surface area contributed by atoms with Crippen LogP contribution in [0.25, 0.3) is 11.4 Å². The number of piperidine rings is 1. The number of hydrogen-bond acceptors (Lipinski definition) is 6. The van der Waals surface area contributed by atoms with Crippen LogP contribution in [0.1, 0.15) is 38.5 Å². The number of rotatable bonds is 5. The van der Waals surface area contributed by atoms with Crippen LogP contribution in [0.15, 0.2) is 21.3 Å². The number of carbonyl (C=O) groups excluding carboxylic acids is 1. The second-order valence-electron chi connectivity index (χ2n) is 6.03. The highest BCUT2D eigenvalue weighted by Gasteiger charge is 2.29. The van der Waals surface area contributed by atoms with Gasteiger partial charge in [-0.25, -0.2) is 0 Å². The maximum absolute atomic E-state index is 12.5. The molecular weight excluding hydrogens is 348 g/mol. The summed E-state index contributed by atoms with van der Waals surface area (Å²) in [6.45, 7) is 2.77. The van der Waals surface area contributed by atoms with Gasteiger partial charge in [0.1, 0.15) is 0 Å². The summed E-state index contributed by atoms with van der Waals surface area (Å²) in [7, 11) is 0. The van der Waals surface area contributed by atoms with Crippen LogP contribution in [0.2, 0.25) is 0 Å². The monoisotopic (exact) mass is 370 g/mol. The highest BCUT2D eigenvalue weighted by Crippen LogP contribution is 2.21. The summed E-state index contributed by atoms with van der Waals surface area (Å²) >= 11 is 1.59. The Morgan fingerprint density at radius 2 is 2.38 bits per heavy atom. The number of aryl methyl sites for hydroxylation is 1. The van der Waals surface area contributed by atoms with Gasteiger partial charge < -0.3 is 15.2 Å². The summed E-state index contributed by atoms with van der Waals surface area (Å²) in [5.41, 5.74) is 6.97. The first-order valence-electron chi connectivity index (χ1n) is 8.05. The lowest BCUT2D eigenvalue weighted by atomic mass is 9.96. The summed E-state index contributed by atoms with van der Waals surface area (Å²) in [5, 5.41) is 7.91. The molecule has 2 atom stereocenters. The van der Waals surface area contributed by atoms with E-state index in [0.29, 0.717) is 24.6 Å². The highest BCUT2D eigenvalue weighted by molar-refractivity contribution is 7.08. The van der Waals surface area contributed by atoms with E-state index in [0.717, 1.165) is 31.4 Å². The lowest BCUT2D eigenvalue weighted by Gasteiger charge is -2.38. The third-order valence-electron chi connectivity index (χ3n) is 4.28. The third-order valence-corrected chi connectivity index (χ3v) is 4.96. The largest absolute Gasteiger partial charge is 0.339 e. The van der Waals surface area contributed by atoms with Crippen molar-refractivity contribution in [3.63, 3.8) is 0 Å². The number of aromatic nitrogens is 2. The number of amides is 1. The number of thiophene rings is 1. The van der Waals surface area contributed by atoms with E-state index in [2.05, 4.69) is 10.1 Å². The Balaban J connectivity index is 0.00000208. The zero-order valence-corrected chi connectivity index (χ0v) is 15.3. The molecule has 0 bridgehead atoms. The van der Waals surface area contributed by atoms with Crippen molar-refractivity contribution in [2.24, 2.45) is 5.73 Å². The van der Waals surface area contributed by atoms with Crippen molar-refractivity contribution in [2.75, 3.05) is 6.54 Å². The normalized spacial score (nSPS) is 18.9. The smallest absolute Gasteiger partial charge is 0.227 e. The second-order valence-corrected chi connectivity index (χ2v) is 6.81. The number of nitrogens with zero attached hydrogens (tertiary/aromatic N) is 3. The van der Waals surface area contributed by atoms with E-state index in [-0.39, 0.29) is 30.4 Å². The molecule has 8 heteroatoms. The van der Waals surface area contributed by atoms with Gasteiger partial charge in [-0.05, 0) is 37.6 Å². The Bertz CT molecular complexity index is 644. The first-order chi connectivity index (χ1) is 11.1. The number of likely N-dealkylation sites (tertiary alicyclic amines) is 1. The molecule has 2 unspecified atom stereocenters. The first kappa shape index (κ1) is 18.9. The van der Waals surface area contributed by atoms with E-state index >= 15 is 0 Å². The van der Waals surface area contributed by atoms with Gasteiger partial charge in [0.2, 0.25) is 17.6 Å². The van der Waals surface area contributed by atoms with Gasteiger partial charge in [-0.15, -0.1) is 12.4 Å². The Morgan fingerprint density at radius 3 is 3.08 bits per heavy atom. The predicted molar refractivity (Wildman–Crippen MR) is 96.2 cm³/mol. The molecule has 2 aromatic rings. The molecule has 1 amide bonds. The molecule has 6 nitrogen and oxygen atoms in total. The maximum atomic E-state index is 12.5. The van der Waals surface area contributed by atoms with E-state index in [1.807, 2.05) is 28.7 Å². The molecule has 0 aromatic carbocycles. The number of nitrogens with two attached hydrogens (primary N) is 1. The van der Waals surface area contributed by atoms with Crippen molar-refractivity contribution in [2.45, 2.75) is 51.1 Å². The van der Waals surface area contributed by atoms with Crippen molar-refractivity contribution >= 4 is 29.7 Å². The van der Waals surface area contributed by atoms with Crippen LogP contribution >= 0.6 is 23.7 Å². The standard InChI is InChI=1S/C16H22N4O2S.ClH/c1-11(17)13-4-2-3-8-20(13)15(21)6-5-14-18-16(19-22-14)12-7-9-23-10-12;/h7,9-11,13H,2-6,8,17H2,1H3;1H. The predicted octanol–water partition coefficient (Wildman–Crippen LogP) is 2.88. The average molecular weight is 371 g/mol. The third kappa shape index (κ3) is 4.34. The summed E-state index contributed by atoms with van der Waals surface area (Å²) in [4.78, 5) is 18.8. The topological polar surface area (TPSA) is 85.2 Å². The zero-order chi connectivity index (χ0) is 16.2. The maximum Gasteiger partial charge on any atom is 0.227 e. The SMILES string of the molecule is CC(N)C1CCCCN1C(=O)CCc1nc(-c2ccsc2)no1.Cl. The Hall–Kier alpha value is -1.44. The van der Waals surface area contributed by atoms with Crippen LogP contribution in [0.3, 0.4) is 0 Å². The molecule has 3 rings (SSSR count). The summed E-state index contributed by atoms with van der Waals surface area (Å²) in [6, 6.07) is 2.11. The molecule has 2 aromatic heterocycles. The average Bonchev–Trinajstić information content (AvgIpc) is 3.23.